The molecule has 1 aliphatic carbocycles. The predicted molar refractivity (Wildman–Crippen MR) is 160 cm³/mol. The quantitative estimate of drug-likeness (QED) is 0.126. The second-order valence-electron chi connectivity index (χ2n) is 11.0. The van der Waals surface area contributed by atoms with E-state index in [2.05, 4.69) is 10.3 Å². The van der Waals surface area contributed by atoms with E-state index in [1.165, 1.54) is 26.8 Å². The van der Waals surface area contributed by atoms with E-state index in [1.807, 2.05) is 36.4 Å². The second-order valence-corrected chi connectivity index (χ2v) is 11.5. The highest BCUT2D eigenvalue weighted by atomic mass is 35.5. The summed E-state index contributed by atoms with van der Waals surface area (Å²) < 4.78 is 5.87. The van der Waals surface area contributed by atoms with Crippen LogP contribution < -0.4 is 10.1 Å². The maximum absolute atomic E-state index is 14.3. The van der Waals surface area contributed by atoms with Crippen molar-refractivity contribution in [2.45, 2.75) is 45.6 Å². The van der Waals surface area contributed by atoms with Crippen LogP contribution in [0.1, 0.15) is 59.7 Å². The maximum atomic E-state index is 14.3. The Bertz CT molecular complexity index is 1910. The van der Waals surface area contributed by atoms with E-state index < -0.39 is 34.6 Å². The van der Waals surface area contributed by atoms with Gasteiger partial charge in [0.2, 0.25) is 0 Å². The number of hydrogen-bond acceptors (Lipinski definition) is 8. The first-order chi connectivity index (χ1) is 20.4. The number of benzene rings is 3. The zero-order chi connectivity index (χ0) is 30.8. The number of carbonyl (C=O) groups is 3. The number of ketones is 3. The molecule has 4 aromatic rings. The Morgan fingerprint density at radius 3 is 2.47 bits per heavy atom. The van der Waals surface area contributed by atoms with E-state index in [0.29, 0.717) is 23.0 Å². The highest BCUT2D eigenvalue weighted by Crippen LogP contribution is 2.57. The summed E-state index contributed by atoms with van der Waals surface area (Å²) in [6.45, 7) is 5.88. The fourth-order valence-electron chi connectivity index (χ4n) is 5.94. The molecule has 0 unspecified atom stereocenters. The van der Waals surface area contributed by atoms with Crippen LogP contribution >= 0.6 is 11.6 Å². The monoisotopic (exact) mass is 597 g/mol. The minimum atomic E-state index is -1.61. The van der Waals surface area contributed by atoms with Crippen molar-refractivity contribution in [1.29, 1.82) is 0 Å². The molecule has 3 aromatic carbocycles. The van der Waals surface area contributed by atoms with Gasteiger partial charge in [0.15, 0.2) is 17.3 Å². The number of nitrogens with zero attached hydrogens (tertiary/aromatic N) is 1. The molecule has 0 radical (unpaired) electrons. The van der Waals surface area contributed by atoms with Crippen molar-refractivity contribution in [3.8, 4) is 17.2 Å². The summed E-state index contributed by atoms with van der Waals surface area (Å²) in [6.07, 6.45) is 1.60. The Kier molecular flexibility index (Phi) is 6.65. The van der Waals surface area contributed by atoms with E-state index >= 15 is 0 Å². The van der Waals surface area contributed by atoms with Gasteiger partial charge in [0.05, 0.1) is 28.2 Å². The molecule has 0 fully saturated rings. The van der Waals surface area contributed by atoms with E-state index in [-0.39, 0.29) is 39.5 Å². The largest absolute Gasteiger partial charge is 0.507 e. The van der Waals surface area contributed by atoms with Crippen molar-refractivity contribution in [3.05, 3.63) is 105 Å². The van der Waals surface area contributed by atoms with Crippen molar-refractivity contribution < 1.29 is 29.3 Å². The number of imidazole rings is 1. The standard InChI is InChI=1S/C33H28ClN3O6/c1-15-29(40)27(17(3)38)31-28(30(15)41)33(4)24(43-31)14-23(39)26(32(33)42)16(2)35-22(18-9-11-19(34)12-10-18)13-25-36-20-7-5-6-8-21(20)37-25/h5-12,14,22,35,40-41H,13H2,1-4H3,(H,36,37)/b26-16+/t22-,33+/m1/s1. The van der Waals surface area contributed by atoms with Crippen LogP contribution in [-0.2, 0) is 21.4 Å². The summed E-state index contributed by atoms with van der Waals surface area (Å²) in [5.41, 5.74) is 1.07. The normalized spacial score (nSPS) is 19.4. The van der Waals surface area contributed by atoms with Crippen molar-refractivity contribution >= 4 is 40.0 Å². The summed E-state index contributed by atoms with van der Waals surface area (Å²) in [4.78, 5) is 48.2. The van der Waals surface area contributed by atoms with Crippen molar-refractivity contribution in [2.75, 3.05) is 0 Å². The van der Waals surface area contributed by atoms with Crippen LogP contribution in [0.2, 0.25) is 5.02 Å². The number of rotatable bonds is 6. The Morgan fingerprint density at radius 2 is 1.79 bits per heavy atom. The molecule has 43 heavy (non-hydrogen) atoms. The fourth-order valence-corrected chi connectivity index (χ4v) is 6.06. The van der Waals surface area contributed by atoms with Crippen LogP contribution in [0, 0.1) is 6.92 Å². The molecular weight excluding hydrogens is 570 g/mol. The van der Waals surface area contributed by atoms with Gasteiger partial charge in [-0.1, -0.05) is 35.9 Å². The first-order valence-corrected chi connectivity index (χ1v) is 14.0. The molecule has 2 atom stereocenters. The molecule has 2 heterocycles. The van der Waals surface area contributed by atoms with Crippen LogP contribution in [-0.4, -0.2) is 37.5 Å². The number of carbonyl (C=O) groups excluding carboxylic acids is 3. The fraction of sp³-hybridized carbons (Fsp3) is 0.212. The van der Waals surface area contributed by atoms with Gasteiger partial charge in [0, 0.05) is 28.8 Å². The van der Waals surface area contributed by atoms with Crippen molar-refractivity contribution in [3.63, 3.8) is 0 Å². The average Bonchev–Trinajstić information content (AvgIpc) is 3.50. The SMILES string of the molecule is CC(=O)c1c(O)c(C)c(O)c2c1OC1=CC(=O)/C(=C(/C)N[C@H](Cc3nc4ccccc4[nH]3)c3ccc(Cl)cc3)C(=O)[C@@]12C. The molecule has 2 aliphatic rings. The highest BCUT2D eigenvalue weighted by Gasteiger charge is 2.56. The van der Waals surface area contributed by atoms with E-state index in [9.17, 15) is 24.6 Å². The molecule has 0 saturated carbocycles. The number of aromatic nitrogens is 2. The Labute approximate surface area is 251 Å². The third-order valence-electron chi connectivity index (χ3n) is 8.26. The lowest BCUT2D eigenvalue weighted by molar-refractivity contribution is -0.123. The zero-order valence-corrected chi connectivity index (χ0v) is 24.6. The first kappa shape index (κ1) is 28.2. The number of Topliss-reactive ketones (excluding diaryl/α,β-unsaturated/α-hetero) is 2. The number of hydrogen-bond donors (Lipinski definition) is 4. The second kappa shape index (κ2) is 10.1. The summed E-state index contributed by atoms with van der Waals surface area (Å²) in [5.74, 6) is -1.95. The molecule has 0 amide bonds. The Morgan fingerprint density at radius 1 is 1.09 bits per heavy atom. The number of H-pyrrole nitrogens is 1. The molecule has 218 valence electrons. The van der Waals surface area contributed by atoms with Gasteiger partial charge in [0.25, 0.3) is 0 Å². The van der Waals surface area contributed by atoms with Crippen LogP contribution in [0.15, 0.2) is 71.6 Å². The van der Waals surface area contributed by atoms with Crippen molar-refractivity contribution in [2.24, 2.45) is 0 Å². The van der Waals surface area contributed by atoms with Crippen LogP contribution in [0.25, 0.3) is 11.0 Å². The third-order valence-corrected chi connectivity index (χ3v) is 8.51. The molecule has 0 bridgehead atoms. The van der Waals surface area contributed by atoms with Crippen LogP contribution in [0.4, 0.5) is 0 Å². The highest BCUT2D eigenvalue weighted by molar-refractivity contribution is 6.31. The van der Waals surface area contributed by atoms with Crippen LogP contribution in [0.5, 0.6) is 17.2 Å². The molecule has 1 aliphatic heterocycles. The number of allylic oxidation sites excluding steroid dienone is 4. The molecule has 4 N–H and O–H groups in total. The number of aromatic amines is 1. The summed E-state index contributed by atoms with van der Waals surface area (Å²) in [6, 6.07) is 14.5. The number of aromatic hydroxyl groups is 2. The number of nitrogens with one attached hydrogen (secondary N) is 2. The van der Waals surface area contributed by atoms with Crippen molar-refractivity contribution in [1.82, 2.24) is 15.3 Å². The minimum Gasteiger partial charge on any atom is -0.507 e. The molecular formula is C33H28ClN3O6. The van der Waals surface area contributed by atoms with E-state index in [4.69, 9.17) is 21.3 Å². The van der Waals surface area contributed by atoms with Gasteiger partial charge in [-0.25, -0.2) is 4.98 Å². The Hall–Kier alpha value is -4.89. The molecule has 10 heteroatoms. The molecule has 9 nitrogen and oxygen atoms in total. The number of phenols is 2. The van der Waals surface area contributed by atoms with Gasteiger partial charge in [-0.3, -0.25) is 14.4 Å². The summed E-state index contributed by atoms with van der Waals surface area (Å²) >= 11 is 6.16. The number of ether oxygens (including phenoxy) is 1. The smallest absolute Gasteiger partial charge is 0.194 e. The lowest BCUT2D eigenvalue weighted by atomic mass is 9.70. The van der Waals surface area contributed by atoms with E-state index in [1.54, 1.807) is 19.1 Å². The molecule has 6 rings (SSSR count). The van der Waals surface area contributed by atoms with Crippen LogP contribution in [0.3, 0.4) is 0 Å². The molecule has 0 saturated heterocycles. The van der Waals surface area contributed by atoms with Gasteiger partial charge in [-0.2, -0.15) is 0 Å². The third kappa shape index (κ3) is 4.39. The zero-order valence-electron chi connectivity index (χ0n) is 23.8. The van der Waals surface area contributed by atoms with Gasteiger partial charge in [-0.05, 0) is 57.5 Å². The lowest BCUT2D eigenvalue weighted by Crippen LogP contribution is -2.41. The summed E-state index contributed by atoms with van der Waals surface area (Å²) in [5, 5.41) is 25.6. The predicted octanol–water partition coefficient (Wildman–Crippen LogP) is 5.67. The maximum Gasteiger partial charge on any atom is 0.194 e. The topological polar surface area (TPSA) is 142 Å². The minimum absolute atomic E-state index is 0.0200. The molecule has 0 spiro atoms. The number of phenolic OH excluding ortho intramolecular Hbond substituents is 2. The van der Waals surface area contributed by atoms with Gasteiger partial charge in [-0.15, -0.1) is 0 Å². The lowest BCUT2D eigenvalue weighted by Gasteiger charge is -2.30. The first-order valence-electron chi connectivity index (χ1n) is 13.7. The van der Waals surface area contributed by atoms with Gasteiger partial charge in [0.1, 0.15) is 39.8 Å². The van der Waals surface area contributed by atoms with Gasteiger partial charge >= 0.3 is 0 Å². The number of para-hydroxylation sites is 2. The average molecular weight is 598 g/mol. The van der Waals surface area contributed by atoms with Gasteiger partial charge < -0.3 is 25.3 Å². The van der Waals surface area contributed by atoms with E-state index in [0.717, 1.165) is 16.6 Å². The summed E-state index contributed by atoms with van der Waals surface area (Å²) in [7, 11) is 0. The number of halogens is 1. The Balaban J connectivity index is 1.44. The number of fused-ring (bicyclic) bond motifs is 4. The molecule has 1 aromatic heterocycles.